The standard InChI is InChI=1S/C8H15NO2.HI/c1-9(2)5-3-7(4-6-9)8(10)11;/h7H,3-6H2,1-2H3;1H/p+1. The fourth-order valence-corrected chi connectivity index (χ4v) is 1.51. The number of likely N-dealkylation sites (tertiary alicyclic amines) is 1. The van der Waals surface area contributed by atoms with Gasteiger partial charge in [-0.1, -0.05) is 0 Å². The Kier molecular flexibility index (Phi) is 4.47. The Hall–Kier alpha value is 0.160. The smallest absolute Gasteiger partial charge is 0.306 e. The predicted molar refractivity (Wildman–Crippen MR) is 57.6 cm³/mol. The lowest BCUT2D eigenvalue weighted by Gasteiger charge is -2.35. The highest BCUT2D eigenvalue weighted by molar-refractivity contribution is 14.0. The minimum Gasteiger partial charge on any atom is -0.481 e. The highest BCUT2D eigenvalue weighted by Crippen LogP contribution is 2.19. The molecule has 0 bridgehead atoms. The molecule has 1 heterocycles. The van der Waals surface area contributed by atoms with Gasteiger partial charge in [-0.15, -0.1) is 24.0 Å². The van der Waals surface area contributed by atoms with Crippen molar-refractivity contribution < 1.29 is 14.4 Å². The maximum atomic E-state index is 10.6. The van der Waals surface area contributed by atoms with E-state index >= 15 is 0 Å². The summed E-state index contributed by atoms with van der Waals surface area (Å²) in [5.41, 5.74) is 0. The molecule has 0 aromatic heterocycles. The molecular weight excluding hydrogens is 269 g/mol. The number of carbonyl (C=O) groups is 1. The molecule has 72 valence electrons. The molecule has 1 rings (SSSR count). The van der Waals surface area contributed by atoms with Gasteiger partial charge >= 0.3 is 5.97 Å². The molecule has 3 nitrogen and oxygen atoms in total. The van der Waals surface area contributed by atoms with Crippen molar-refractivity contribution in [2.75, 3.05) is 27.2 Å². The van der Waals surface area contributed by atoms with Crippen LogP contribution in [0.3, 0.4) is 0 Å². The molecule has 0 spiro atoms. The third-order valence-electron chi connectivity index (χ3n) is 2.52. The minimum absolute atomic E-state index is 0. The van der Waals surface area contributed by atoms with Crippen molar-refractivity contribution in [3.05, 3.63) is 0 Å². The summed E-state index contributed by atoms with van der Waals surface area (Å²) in [6.45, 7) is 1.99. The molecule has 0 aliphatic carbocycles. The first-order chi connectivity index (χ1) is 5.01. The lowest BCUT2D eigenvalue weighted by Crippen LogP contribution is -2.47. The lowest BCUT2D eigenvalue weighted by molar-refractivity contribution is -0.895. The van der Waals surface area contributed by atoms with Crippen LogP contribution < -0.4 is 0 Å². The molecule has 0 aromatic carbocycles. The lowest BCUT2D eigenvalue weighted by atomic mass is 9.96. The summed E-state index contributed by atoms with van der Waals surface area (Å²) >= 11 is 0. The van der Waals surface area contributed by atoms with Crippen molar-refractivity contribution in [2.24, 2.45) is 5.92 Å². The van der Waals surface area contributed by atoms with E-state index in [0.29, 0.717) is 0 Å². The van der Waals surface area contributed by atoms with Crippen molar-refractivity contribution in [1.82, 2.24) is 0 Å². The van der Waals surface area contributed by atoms with E-state index in [0.717, 1.165) is 30.4 Å². The van der Waals surface area contributed by atoms with Crippen LogP contribution in [0.4, 0.5) is 0 Å². The molecule has 0 amide bonds. The fourth-order valence-electron chi connectivity index (χ4n) is 1.51. The number of hydrogen-bond acceptors (Lipinski definition) is 1. The molecule has 0 aromatic rings. The number of nitrogens with zero attached hydrogens (tertiary/aromatic N) is 1. The van der Waals surface area contributed by atoms with E-state index in [1.807, 2.05) is 0 Å². The van der Waals surface area contributed by atoms with Gasteiger partial charge in [0.15, 0.2) is 0 Å². The Balaban J connectivity index is 0.00000121. The van der Waals surface area contributed by atoms with E-state index in [4.69, 9.17) is 5.11 Å². The van der Waals surface area contributed by atoms with Crippen LogP contribution in [0, 0.1) is 5.92 Å². The molecular formula is C8H17INO2+. The summed E-state index contributed by atoms with van der Waals surface area (Å²) < 4.78 is 0.976. The summed E-state index contributed by atoms with van der Waals surface area (Å²) in [6, 6.07) is 0. The molecule has 0 saturated carbocycles. The van der Waals surface area contributed by atoms with E-state index in [1.165, 1.54) is 0 Å². The first kappa shape index (κ1) is 12.2. The van der Waals surface area contributed by atoms with E-state index in [9.17, 15) is 4.79 Å². The Morgan fingerprint density at radius 2 is 1.75 bits per heavy atom. The van der Waals surface area contributed by atoms with Crippen LogP contribution in [0.5, 0.6) is 0 Å². The van der Waals surface area contributed by atoms with Crippen LogP contribution >= 0.6 is 24.0 Å². The molecule has 1 N–H and O–H groups in total. The molecule has 0 unspecified atom stereocenters. The van der Waals surface area contributed by atoms with Crippen LogP contribution in [-0.4, -0.2) is 42.7 Å². The van der Waals surface area contributed by atoms with Crippen LogP contribution in [0.1, 0.15) is 12.8 Å². The monoisotopic (exact) mass is 286 g/mol. The van der Waals surface area contributed by atoms with Crippen LogP contribution in [0.25, 0.3) is 0 Å². The highest BCUT2D eigenvalue weighted by atomic mass is 127. The van der Waals surface area contributed by atoms with Crippen molar-refractivity contribution >= 4 is 29.9 Å². The summed E-state index contributed by atoms with van der Waals surface area (Å²) in [4.78, 5) is 10.6. The SMILES string of the molecule is C[N+]1(C)CCC(C(=O)O)CC1.I. The van der Waals surface area contributed by atoms with Crippen molar-refractivity contribution in [1.29, 1.82) is 0 Å². The Morgan fingerprint density at radius 3 is 2.08 bits per heavy atom. The molecule has 1 fully saturated rings. The fraction of sp³-hybridized carbons (Fsp3) is 0.875. The maximum absolute atomic E-state index is 10.6. The van der Waals surface area contributed by atoms with Gasteiger partial charge in [-0.3, -0.25) is 4.79 Å². The molecule has 12 heavy (non-hydrogen) atoms. The number of hydrogen-bond donors (Lipinski definition) is 1. The van der Waals surface area contributed by atoms with Gasteiger partial charge in [-0.2, -0.15) is 0 Å². The predicted octanol–water partition coefficient (Wildman–Crippen LogP) is 1.18. The van der Waals surface area contributed by atoms with Crippen molar-refractivity contribution in [2.45, 2.75) is 12.8 Å². The van der Waals surface area contributed by atoms with E-state index in [2.05, 4.69) is 14.1 Å². The van der Waals surface area contributed by atoms with Gasteiger partial charge in [0.25, 0.3) is 0 Å². The average Bonchev–Trinajstić information content (AvgIpc) is 1.86. The van der Waals surface area contributed by atoms with Gasteiger partial charge in [0, 0.05) is 12.8 Å². The maximum Gasteiger partial charge on any atom is 0.306 e. The zero-order valence-corrected chi connectivity index (χ0v) is 9.95. The first-order valence-electron chi connectivity index (χ1n) is 4.06. The van der Waals surface area contributed by atoms with E-state index in [-0.39, 0.29) is 29.9 Å². The first-order valence-corrected chi connectivity index (χ1v) is 4.06. The summed E-state index contributed by atoms with van der Waals surface area (Å²) in [5.74, 6) is -0.703. The van der Waals surface area contributed by atoms with Gasteiger partial charge < -0.3 is 9.59 Å². The molecule has 4 heteroatoms. The summed E-state index contributed by atoms with van der Waals surface area (Å²) in [6.07, 6.45) is 1.67. The molecule has 1 aliphatic rings. The largest absolute Gasteiger partial charge is 0.481 e. The van der Waals surface area contributed by atoms with E-state index in [1.54, 1.807) is 0 Å². The topological polar surface area (TPSA) is 37.3 Å². The van der Waals surface area contributed by atoms with Crippen LogP contribution in [0.2, 0.25) is 0 Å². The Labute approximate surface area is 90.4 Å². The number of halogens is 1. The second-order valence-electron chi connectivity index (χ2n) is 4.00. The number of quaternary nitrogens is 1. The van der Waals surface area contributed by atoms with Crippen LogP contribution in [0.15, 0.2) is 0 Å². The normalized spacial score (nSPS) is 22.8. The van der Waals surface area contributed by atoms with Gasteiger partial charge in [-0.05, 0) is 0 Å². The van der Waals surface area contributed by atoms with Gasteiger partial charge in [0.1, 0.15) is 0 Å². The van der Waals surface area contributed by atoms with Crippen molar-refractivity contribution in [3.63, 3.8) is 0 Å². The number of rotatable bonds is 1. The average molecular weight is 286 g/mol. The third-order valence-corrected chi connectivity index (χ3v) is 2.52. The Bertz CT molecular complexity index is 160. The van der Waals surface area contributed by atoms with Gasteiger partial charge in [-0.25, -0.2) is 0 Å². The summed E-state index contributed by atoms with van der Waals surface area (Å²) in [5, 5.41) is 8.70. The number of piperidine rings is 1. The number of carboxylic acids is 1. The second-order valence-corrected chi connectivity index (χ2v) is 4.00. The number of carboxylic acid groups (broad SMARTS) is 1. The highest BCUT2D eigenvalue weighted by Gasteiger charge is 2.29. The zero-order chi connectivity index (χ0) is 8.48. The summed E-state index contributed by atoms with van der Waals surface area (Å²) in [7, 11) is 4.30. The zero-order valence-electron chi connectivity index (χ0n) is 7.62. The van der Waals surface area contributed by atoms with Crippen LogP contribution in [-0.2, 0) is 4.79 Å². The molecule has 1 saturated heterocycles. The second kappa shape index (κ2) is 4.41. The van der Waals surface area contributed by atoms with E-state index < -0.39 is 5.97 Å². The Morgan fingerprint density at radius 1 is 1.33 bits per heavy atom. The minimum atomic E-state index is -0.621. The molecule has 0 radical (unpaired) electrons. The number of aliphatic carboxylic acids is 1. The quantitative estimate of drug-likeness (QED) is 0.580. The van der Waals surface area contributed by atoms with Crippen molar-refractivity contribution in [3.8, 4) is 0 Å². The molecule has 1 aliphatic heterocycles. The molecule has 0 atom stereocenters. The van der Waals surface area contributed by atoms with Gasteiger partial charge in [0.2, 0.25) is 0 Å². The van der Waals surface area contributed by atoms with Gasteiger partial charge in [0.05, 0.1) is 33.1 Å². The third kappa shape index (κ3) is 3.26.